The van der Waals surface area contributed by atoms with Crippen LogP contribution >= 0.6 is 11.8 Å². The molecular weight excluding hydrogens is 518 g/mol. The number of aliphatic carboxylic acids is 1. The summed E-state index contributed by atoms with van der Waals surface area (Å²) in [4.78, 5) is 36.2. The van der Waals surface area contributed by atoms with Gasteiger partial charge in [0, 0.05) is 5.92 Å². The summed E-state index contributed by atoms with van der Waals surface area (Å²) in [6.07, 6.45) is 1.58. The molecule has 0 heterocycles. The van der Waals surface area contributed by atoms with E-state index >= 15 is 0 Å². The summed E-state index contributed by atoms with van der Waals surface area (Å²) in [7, 11) is 0. The Morgan fingerprint density at radius 3 is 2.18 bits per heavy atom. The maximum absolute atomic E-state index is 12.8. The summed E-state index contributed by atoms with van der Waals surface area (Å²) >= 11 is 1.57. The van der Waals surface area contributed by atoms with Gasteiger partial charge in [0.25, 0.3) is 0 Å². The summed E-state index contributed by atoms with van der Waals surface area (Å²) in [6.45, 7) is 0.254. The number of hydrogen-bond acceptors (Lipinski definition) is 7. The number of hydrogen-bond donors (Lipinski definition) is 2. The van der Waals surface area contributed by atoms with Gasteiger partial charge in [-0.05, 0) is 58.4 Å². The molecular formula is C30H31NO7S. The van der Waals surface area contributed by atoms with Gasteiger partial charge < -0.3 is 24.6 Å². The van der Waals surface area contributed by atoms with Gasteiger partial charge in [0.15, 0.2) is 0 Å². The number of carboxylic acid groups (broad SMARTS) is 1. The fraction of sp³-hybridized carbons (Fsp3) is 0.300. The van der Waals surface area contributed by atoms with E-state index in [2.05, 4.69) is 29.6 Å². The third-order valence-electron chi connectivity index (χ3n) is 6.42. The number of carbonyl (C=O) groups is 3. The highest BCUT2D eigenvalue weighted by Crippen LogP contribution is 2.44. The number of thioether (sulfide) groups is 1. The molecule has 3 aromatic carbocycles. The minimum Gasteiger partial charge on any atom is -0.493 e. The SMILES string of the molecule is CSCC[C@H](NC(=O)OCC1c2ccccc2-c2ccccc21)C(=O)OCc1ccc(OCCC(=O)O)cc1. The lowest BCUT2D eigenvalue weighted by atomic mass is 9.98. The van der Waals surface area contributed by atoms with Crippen LogP contribution in [0.2, 0.25) is 0 Å². The van der Waals surface area contributed by atoms with E-state index in [-0.39, 0.29) is 32.2 Å². The van der Waals surface area contributed by atoms with Crippen LogP contribution in [0.15, 0.2) is 72.8 Å². The second-order valence-corrected chi connectivity index (χ2v) is 10.0. The lowest BCUT2D eigenvalue weighted by molar-refractivity contribution is -0.147. The number of alkyl carbamates (subject to hydrolysis) is 1. The normalized spacial score (nSPS) is 12.6. The molecule has 1 amide bonds. The summed E-state index contributed by atoms with van der Waals surface area (Å²) in [5.74, 6) is -0.358. The molecule has 1 aliphatic rings. The van der Waals surface area contributed by atoms with Crippen molar-refractivity contribution in [3.8, 4) is 16.9 Å². The van der Waals surface area contributed by atoms with Crippen LogP contribution in [0.4, 0.5) is 4.79 Å². The van der Waals surface area contributed by atoms with Crippen LogP contribution in [0.25, 0.3) is 11.1 Å². The first-order valence-electron chi connectivity index (χ1n) is 12.7. The van der Waals surface area contributed by atoms with Gasteiger partial charge in [0.1, 0.15) is 25.0 Å². The van der Waals surface area contributed by atoms with Crippen molar-refractivity contribution < 1.29 is 33.7 Å². The van der Waals surface area contributed by atoms with Gasteiger partial charge in [-0.3, -0.25) is 4.79 Å². The third-order valence-corrected chi connectivity index (χ3v) is 7.06. The Kier molecular flexibility index (Phi) is 9.85. The Bertz CT molecular complexity index is 1250. The third kappa shape index (κ3) is 7.54. The second-order valence-electron chi connectivity index (χ2n) is 9.05. The number of benzene rings is 3. The number of carboxylic acids is 1. The van der Waals surface area contributed by atoms with E-state index in [1.807, 2.05) is 30.5 Å². The minimum absolute atomic E-state index is 0.0242. The van der Waals surface area contributed by atoms with Crippen molar-refractivity contribution in [3.63, 3.8) is 0 Å². The van der Waals surface area contributed by atoms with Gasteiger partial charge in [-0.15, -0.1) is 0 Å². The van der Waals surface area contributed by atoms with E-state index in [9.17, 15) is 14.4 Å². The molecule has 0 unspecified atom stereocenters. The van der Waals surface area contributed by atoms with Crippen LogP contribution in [0.3, 0.4) is 0 Å². The highest BCUT2D eigenvalue weighted by Gasteiger charge is 2.30. The van der Waals surface area contributed by atoms with Gasteiger partial charge in [0.2, 0.25) is 0 Å². The number of nitrogens with one attached hydrogen (secondary N) is 1. The molecule has 39 heavy (non-hydrogen) atoms. The van der Waals surface area contributed by atoms with Crippen LogP contribution in [0.5, 0.6) is 5.75 Å². The van der Waals surface area contributed by atoms with Crippen molar-refractivity contribution >= 4 is 29.8 Å². The molecule has 0 saturated heterocycles. The van der Waals surface area contributed by atoms with Crippen molar-refractivity contribution in [2.75, 3.05) is 25.2 Å². The van der Waals surface area contributed by atoms with Gasteiger partial charge >= 0.3 is 18.0 Å². The van der Waals surface area contributed by atoms with E-state index in [0.717, 1.165) is 27.8 Å². The Labute approximate surface area is 231 Å². The summed E-state index contributed by atoms with van der Waals surface area (Å²) in [5.41, 5.74) is 5.25. The maximum Gasteiger partial charge on any atom is 0.407 e. The van der Waals surface area contributed by atoms with Crippen molar-refractivity contribution in [3.05, 3.63) is 89.5 Å². The van der Waals surface area contributed by atoms with Gasteiger partial charge in [-0.1, -0.05) is 60.7 Å². The standard InChI is InChI=1S/C30H31NO7S/c1-39-17-15-27(29(34)37-18-20-10-12-21(13-11-20)36-16-14-28(32)33)31-30(35)38-19-26-24-8-4-2-6-22(24)23-7-3-5-9-25(23)26/h2-13,26-27H,14-19H2,1H3,(H,31,35)(H,32,33)/t27-/m0/s1. The van der Waals surface area contributed by atoms with E-state index < -0.39 is 24.1 Å². The molecule has 204 valence electrons. The van der Waals surface area contributed by atoms with Crippen LogP contribution in [-0.4, -0.2) is 54.4 Å². The highest BCUT2D eigenvalue weighted by atomic mass is 32.2. The van der Waals surface area contributed by atoms with Crippen LogP contribution in [-0.2, 0) is 25.7 Å². The summed E-state index contributed by atoms with van der Waals surface area (Å²) in [6, 6.07) is 22.2. The molecule has 2 N–H and O–H groups in total. The van der Waals surface area contributed by atoms with Crippen LogP contribution in [0.1, 0.15) is 35.4 Å². The predicted octanol–water partition coefficient (Wildman–Crippen LogP) is 5.24. The van der Waals surface area contributed by atoms with Crippen LogP contribution < -0.4 is 10.1 Å². The molecule has 0 spiro atoms. The largest absolute Gasteiger partial charge is 0.493 e. The first-order chi connectivity index (χ1) is 19.0. The van der Waals surface area contributed by atoms with Crippen molar-refractivity contribution in [1.29, 1.82) is 0 Å². The molecule has 0 bridgehead atoms. The zero-order valence-electron chi connectivity index (χ0n) is 21.6. The molecule has 0 fully saturated rings. The molecule has 0 aromatic heterocycles. The predicted molar refractivity (Wildman–Crippen MR) is 149 cm³/mol. The monoisotopic (exact) mass is 549 g/mol. The maximum atomic E-state index is 12.8. The molecule has 0 saturated carbocycles. The Morgan fingerprint density at radius 1 is 0.923 bits per heavy atom. The smallest absolute Gasteiger partial charge is 0.407 e. The summed E-state index contributed by atoms with van der Waals surface area (Å²) < 4.78 is 16.5. The fourth-order valence-corrected chi connectivity index (χ4v) is 4.93. The topological polar surface area (TPSA) is 111 Å². The van der Waals surface area contributed by atoms with Crippen LogP contribution in [0, 0.1) is 0 Å². The van der Waals surface area contributed by atoms with E-state index in [1.54, 1.807) is 36.0 Å². The number of fused-ring (bicyclic) bond motifs is 3. The fourth-order valence-electron chi connectivity index (χ4n) is 4.46. The van der Waals surface area contributed by atoms with Gasteiger partial charge in [-0.25, -0.2) is 9.59 Å². The number of esters is 1. The molecule has 1 atom stereocenters. The zero-order chi connectivity index (χ0) is 27.6. The van der Waals surface area contributed by atoms with Crippen molar-refractivity contribution in [2.45, 2.75) is 31.4 Å². The summed E-state index contributed by atoms with van der Waals surface area (Å²) in [5, 5.41) is 11.4. The minimum atomic E-state index is -0.929. The van der Waals surface area contributed by atoms with E-state index in [0.29, 0.717) is 17.9 Å². The molecule has 0 radical (unpaired) electrons. The average Bonchev–Trinajstić information content (AvgIpc) is 3.27. The Hall–Kier alpha value is -3.98. The molecule has 8 nitrogen and oxygen atoms in total. The molecule has 0 aliphatic heterocycles. The first kappa shape index (κ1) is 28.0. The quantitative estimate of drug-likeness (QED) is 0.278. The van der Waals surface area contributed by atoms with Gasteiger partial charge in [-0.2, -0.15) is 11.8 Å². The lowest BCUT2D eigenvalue weighted by Crippen LogP contribution is -2.42. The molecule has 9 heteroatoms. The first-order valence-corrected chi connectivity index (χ1v) is 14.1. The molecule has 4 rings (SSSR count). The van der Waals surface area contributed by atoms with Gasteiger partial charge in [0.05, 0.1) is 13.0 Å². The second kappa shape index (κ2) is 13.7. The molecule has 3 aromatic rings. The number of rotatable bonds is 13. The highest BCUT2D eigenvalue weighted by molar-refractivity contribution is 7.98. The number of carbonyl (C=O) groups excluding carboxylic acids is 2. The average molecular weight is 550 g/mol. The van der Waals surface area contributed by atoms with E-state index in [1.165, 1.54) is 0 Å². The number of amides is 1. The van der Waals surface area contributed by atoms with E-state index in [4.69, 9.17) is 19.3 Å². The van der Waals surface area contributed by atoms with Crippen molar-refractivity contribution in [1.82, 2.24) is 5.32 Å². The molecule has 1 aliphatic carbocycles. The number of ether oxygens (including phenoxy) is 3. The zero-order valence-corrected chi connectivity index (χ0v) is 22.4. The van der Waals surface area contributed by atoms with Crippen molar-refractivity contribution in [2.24, 2.45) is 0 Å². The Balaban J connectivity index is 1.30. The Morgan fingerprint density at radius 2 is 1.56 bits per heavy atom. The lowest BCUT2D eigenvalue weighted by Gasteiger charge is -2.19.